The van der Waals surface area contributed by atoms with Crippen LogP contribution in [-0.2, 0) is 19.1 Å². The van der Waals surface area contributed by atoms with Crippen LogP contribution in [0.5, 0.6) is 11.5 Å². The van der Waals surface area contributed by atoms with E-state index < -0.39 is 17.7 Å². The molecule has 3 rings (SSSR count). The molecule has 7 heteroatoms. The van der Waals surface area contributed by atoms with E-state index in [0.29, 0.717) is 41.0 Å². The maximum atomic E-state index is 12.3. The molecule has 2 fully saturated rings. The van der Waals surface area contributed by atoms with Crippen molar-refractivity contribution in [2.45, 2.75) is 38.4 Å². The number of methoxy groups -OCH3 is 1. The first kappa shape index (κ1) is 17.8. The quantitative estimate of drug-likeness (QED) is 0.428. The number of benzene rings is 1. The molecule has 1 saturated carbocycles. The number of hydrogen-bond donors (Lipinski definition) is 0. The van der Waals surface area contributed by atoms with Crippen LogP contribution in [0.4, 0.5) is 0 Å². The van der Waals surface area contributed by atoms with Crippen LogP contribution in [0.1, 0.15) is 38.2 Å². The molecule has 1 aliphatic heterocycles. The molecule has 1 heterocycles. The van der Waals surface area contributed by atoms with Crippen molar-refractivity contribution >= 4 is 33.9 Å². The molecule has 1 aromatic carbocycles. The van der Waals surface area contributed by atoms with E-state index in [1.165, 1.54) is 13.2 Å². The van der Waals surface area contributed by atoms with Crippen molar-refractivity contribution in [3.63, 3.8) is 0 Å². The molecule has 0 radical (unpaired) electrons. The number of esters is 2. The second-order valence-electron chi connectivity index (χ2n) is 5.92. The SMILES string of the molecule is CCOc1c(Br)cc(C=C2C(=O)OC3(CCCC3)OC2=O)cc1OC. The topological polar surface area (TPSA) is 71.1 Å². The molecular weight excluding hydrogens is 392 g/mol. The zero-order chi connectivity index (χ0) is 18.0. The summed E-state index contributed by atoms with van der Waals surface area (Å²) in [5, 5.41) is 0. The van der Waals surface area contributed by atoms with Gasteiger partial charge in [-0.25, -0.2) is 9.59 Å². The average Bonchev–Trinajstić information content (AvgIpc) is 3.00. The number of ether oxygens (including phenoxy) is 4. The van der Waals surface area contributed by atoms with E-state index >= 15 is 0 Å². The Morgan fingerprint density at radius 2 is 1.84 bits per heavy atom. The van der Waals surface area contributed by atoms with Gasteiger partial charge in [-0.3, -0.25) is 0 Å². The predicted molar refractivity (Wildman–Crippen MR) is 93.2 cm³/mol. The van der Waals surface area contributed by atoms with Gasteiger partial charge in [0.25, 0.3) is 5.79 Å². The van der Waals surface area contributed by atoms with Gasteiger partial charge in [-0.05, 0) is 59.5 Å². The lowest BCUT2D eigenvalue weighted by atomic mass is 10.1. The number of hydrogen-bond acceptors (Lipinski definition) is 6. The van der Waals surface area contributed by atoms with Crippen LogP contribution in [0.2, 0.25) is 0 Å². The van der Waals surface area contributed by atoms with Crippen molar-refractivity contribution in [1.29, 1.82) is 0 Å². The first-order chi connectivity index (χ1) is 12.0. The summed E-state index contributed by atoms with van der Waals surface area (Å²) in [7, 11) is 1.52. The van der Waals surface area contributed by atoms with Crippen LogP contribution >= 0.6 is 15.9 Å². The molecule has 0 bridgehead atoms. The van der Waals surface area contributed by atoms with E-state index in [2.05, 4.69) is 15.9 Å². The zero-order valence-corrected chi connectivity index (χ0v) is 15.7. The molecule has 1 aromatic rings. The number of halogens is 1. The minimum atomic E-state index is -1.07. The van der Waals surface area contributed by atoms with E-state index in [-0.39, 0.29) is 5.57 Å². The third-order valence-corrected chi connectivity index (χ3v) is 4.80. The van der Waals surface area contributed by atoms with Gasteiger partial charge in [0.2, 0.25) is 0 Å². The van der Waals surface area contributed by atoms with E-state index in [0.717, 1.165) is 12.8 Å². The molecule has 1 aliphatic carbocycles. The second-order valence-corrected chi connectivity index (χ2v) is 6.78. The molecule has 0 aromatic heterocycles. The minimum Gasteiger partial charge on any atom is -0.493 e. The Morgan fingerprint density at radius 3 is 2.40 bits per heavy atom. The highest BCUT2D eigenvalue weighted by Gasteiger charge is 2.47. The number of rotatable bonds is 4. The van der Waals surface area contributed by atoms with Gasteiger partial charge in [-0.2, -0.15) is 0 Å². The van der Waals surface area contributed by atoms with Crippen molar-refractivity contribution in [1.82, 2.24) is 0 Å². The molecule has 2 aliphatic rings. The van der Waals surface area contributed by atoms with Gasteiger partial charge < -0.3 is 18.9 Å². The summed E-state index contributed by atoms with van der Waals surface area (Å²) in [5.41, 5.74) is 0.467. The Morgan fingerprint density at radius 1 is 1.20 bits per heavy atom. The molecule has 6 nitrogen and oxygen atoms in total. The molecule has 0 N–H and O–H groups in total. The van der Waals surface area contributed by atoms with Crippen molar-refractivity contribution in [3.8, 4) is 11.5 Å². The summed E-state index contributed by atoms with van der Waals surface area (Å²) in [4.78, 5) is 24.6. The lowest BCUT2D eigenvalue weighted by Crippen LogP contribution is -2.44. The van der Waals surface area contributed by atoms with Crippen molar-refractivity contribution in [3.05, 3.63) is 27.7 Å². The standard InChI is InChI=1S/C18H19BrO6/c1-3-23-15-13(19)9-11(10-14(15)22-2)8-12-16(20)24-18(25-17(12)21)6-4-5-7-18/h8-10H,3-7H2,1-2H3. The maximum absolute atomic E-state index is 12.3. The average molecular weight is 411 g/mol. The summed E-state index contributed by atoms with van der Waals surface area (Å²) in [5.74, 6) is -1.31. The second kappa shape index (κ2) is 7.07. The van der Waals surface area contributed by atoms with Gasteiger partial charge >= 0.3 is 11.9 Å². The van der Waals surface area contributed by atoms with Crippen molar-refractivity contribution < 1.29 is 28.5 Å². The Hall–Kier alpha value is -2.02. The van der Waals surface area contributed by atoms with Gasteiger partial charge in [-0.1, -0.05) is 0 Å². The summed E-state index contributed by atoms with van der Waals surface area (Å²) < 4.78 is 22.4. The largest absolute Gasteiger partial charge is 0.493 e. The first-order valence-corrected chi connectivity index (χ1v) is 8.96. The van der Waals surface area contributed by atoms with Crippen LogP contribution in [-0.4, -0.2) is 31.4 Å². The van der Waals surface area contributed by atoms with Crippen molar-refractivity contribution in [2.75, 3.05) is 13.7 Å². The van der Waals surface area contributed by atoms with E-state index in [1.54, 1.807) is 12.1 Å². The molecule has 0 amide bonds. The van der Waals surface area contributed by atoms with Crippen LogP contribution in [0.25, 0.3) is 6.08 Å². The number of carbonyl (C=O) groups excluding carboxylic acids is 2. The normalized spacial score (nSPS) is 18.8. The molecule has 134 valence electrons. The molecular formula is C18H19BrO6. The highest BCUT2D eigenvalue weighted by Crippen LogP contribution is 2.40. The van der Waals surface area contributed by atoms with Crippen LogP contribution in [0.15, 0.2) is 22.2 Å². The van der Waals surface area contributed by atoms with Crippen LogP contribution < -0.4 is 9.47 Å². The molecule has 25 heavy (non-hydrogen) atoms. The fourth-order valence-corrected chi connectivity index (χ4v) is 3.64. The third kappa shape index (κ3) is 3.51. The molecule has 0 unspecified atom stereocenters. The third-order valence-electron chi connectivity index (χ3n) is 4.21. The van der Waals surface area contributed by atoms with Gasteiger partial charge in [0, 0.05) is 12.8 Å². The Labute approximate surface area is 154 Å². The Bertz CT molecular complexity index is 711. The fourth-order valence-electron chi connectivity index (χ4n) is 3.06. The van der Waals surface area contributed by atoms with Gasteiger partial charge in [0.15, 0.2) is 11.5 Å². The fraction of sp³-hybridized carbons (Fsp3) is 0.444. The monoisotopic (exact) mass is 410 g/mol. The van der Waals surface area contributed by atoms with Gasteiger partial charge in [-0.15, -0.1) is 0 Å². The van der Waals surface area contributed by atoms with Gasteiger partial charge in [0.1, 0.15) is 5.57 Å². The van der Waals surface area contributed by atoms with Crippen LogP contribution in [0.3, 0.4) is 0 Å². The lowest BCUT2D eigenvalue weighted by Gasteiger charge is -2.32. The molecule has 1 saturated heterocycles. The zero-order valence-electron chi connectivity index (χ0n) is 14.1. The van der Waals surface area contributed by atoms with E-state index in [1.807, 2.05) is 6.92 Å². The summed E-state index contributed by atoms with van der Waals surface area (Å²) in [6, 6.07) is 3.42. The maximum Gasteiger partial charge on any atom is 0.348 e. The first-order valence-electron chi connectivity index (χ1n) is 8.17. The highest BCUT2D eigenvalue weighted by molar-refractivity contribution is 9.10. The summed E-state index contributed by atoms with van der Waals surface area (Å²) in [6.07, 6.45) is 4.31. The highest BCUT2D eigenvalue weighted by atomic mass is 79.9. The predicted octanol–water partition coefficient (Wildman–Crippen LogP) is 3.61. The van der Waals surface area contributed by atoms with Gasteiger partial charge in [0.05, 0.1) is 18.2 Å². The molecule has 1 spiro atoms. The van der Waals surface area contributed by atoms with Crippen molar-refractivity contribution in [2.24, 2.45) is 0 Å². The Balaban J connectivity index is 1.91. The minimum absolute atomic E-state index is 0.129. The summed E-state index contributed by atoms with van der Waals surface area (Å²) in [6.45, 7) is 2.35. The van der Waals surface area contributed by atoms with Crippen LogP contribution in [0, 0.1) is 0 Å². The smallest absolute Gasteiger partial charge is 0.348 e. The van der Waals surface area contributed by atoms with E-state index in [9.17, 15) is 9.59 Å². The van der Waals surface area contributed by atoms with E-state index in [4.69, 9.17) is 18.9 Å². The Kier molecular flexibility index (Phi) is 5.03. The number of carbonyl (C=O) groups is 2. The lowest BCUT2D eigenvalue weighted by molar-refractivity contribution is -0.232. The molecule has 0 atom stereocenters. The summed E-state index contributed by atoms with van der Waals surface area (Å²) >= 11 is 3.42.